The highest BCUT2D eigenvalue weighted by Gasteiger charge is 2.20. The molecule has 0 unspecified atom stereocenters. The highest BCUT2D eigenvalue weighted by Crippen LogP contribution is 2.32. The Kier molecular flexibility index (Phi) is 4.99. The summed E-state index contributed by atoms with van der Waals surface area (Å²) in [6.07, 6.45) is 0.158. The molecule has 1 fully saturated rings. The summed E-state index contributed by atoms with van der Waals surface area (Å²) in [6.45, 7) is 2.04. The Hall–Kier alpha value is -1.13. The second-order valence-electron chi connectivity index (χ2n) is 5.03. The first-order valence-corrected chi connectivity index (χ1v) is 7.99. The Morgan fingerprint density at radius 3 is 2.45 bits per heavy atom. The molecule has 2 aromatic carbocycles. The molecule has 2 aromatic rings. The summed E-state index contributed by atoms with van der Waals surface area (Å²) >= 11 is 17.9. The van der Waals surface area contributed by atoms with Crippen molar-refractivity contribution in [3.8, 4) is 11.5 Å². The molecule has 22 heavy (non-hydrogen) atoms. The van der Waals surface area contributed by atoms with E-state index < -0.39 is 0 Å². The zero-order valence-electron chi connectivity index (χ0n) is 11.6. The fourth-order valence-corrected chi connectivity index (χ4v) is 2.49. The van der Waals surface area contributed by atoms with Gasteiger partial charge >= 0.3 is 0 Å². The Bertz CT molecular complexity index is 674. The van der Waals surface area contributed by atoms with Gasteiger partial charge in [0.05, 0.1) is 10.0 Å². The van der Waals surface area contributed by atoms with Crippen LogP contribution < -0.4 is 14.8 Å². The second kappa shape index (κ2) is 6.97. The van der Waals surface area contributed by atoms with Crippen molar-refractivity contribution < 1.29 is 9.47 Å². The van der Waals surface area contributed by atoms with Gasteiger partial charge in [-0.2, -0.15) is 0 Å². The number of hydrogen-bond acceptors (Lipinski definition) is 3. The molecule has 0 aliphatic carbocycles. The van der Waals surface area contributed by atoms with Crippen molar-refractivity contribution in [3.05, 3.63) is 57.0 Å². The van der Waals surface area contributed by atoms with Gasteiger partial charge in [0.1, 0.15) is 12.7 Å². The zero-order valence-corrected chi connectivity index (χ0v) is 13.9. The molecule has 0 radical (unpaired) electrons. The lowest BCUT2D eigenvalue weighted by molar-refractivity contribution is 0.134. The van der Waals surface area contributed by atoms with Crippen LogP contribution in [0.15, 0.2) is 36.4 Å². The molecule has 1 heterocycles. The summed E-state index contributed by atoms with van der Waals surface area (Å²) in [4.78, 5) is 0. The molecule has 1 aliphatic rings. The fraction of sp³-hybridized carbons (Fsp3) is 0.250. The molecule has 0 bridgehead atoms. The van der Waals surface area contributed by atoms with E-state index in [9.17, 15) is 0 Å². The molecular weight excluding hydrogens is 345 g/mol. The van der Waals surface area contributed by atoms with Gasteiger partial charge in [0.2, 0.25) is 0 Å². The van der Waals surface area contributed by atoms with E-state index in [-0.39, 0.29) is 6.10 Å². The first kappa shape index (κ1) is 15.8. The summed E-state index contributed by atoms with van der Waals surface area (Å²) in [7, 11) is 0. The van der Waals surface area contributed by atoms with Crippen LogP contribution in [-0.4, -0.2) is 19.2 Å². The third kappa shape index (κ3) is 3.79. The van der Waals surface area contributed by atoms with Crippen LogP contribution in [-0.2, 0) is 6.61 Å². The Labute approximate surface area is 144 Å². The largest absolute Gasteiger partial charge is 0.485 e. The predicted octanol–water partition coefficient (Wildman–Crippen LogP) is 4.58. The van der Waals surface area contributed by atoms with Gasteiger partial charge in [0.15, 0.2) is 11.5 Å². The Morgan fingerprint density at radius 1 is 0.955 bits per heavy atom. The van der Waals surface area contributed by atoms with Gasteiger partial charge in [-0.05, 0) is 29.8 Å². The predicted molar refractivity (Wildman–Crippen MR) is 89.5 cm³/mol. The maximum atomic E-state index is 6.03. The van der Waals surface area contributed by atoms with E-state index in [0.29, 0.717) is 33.2 Å². The lowest BCUT2D eigenvalue weighted by Gasteiger charge is -2.28. The van der Waals surface area contributed by atoms with Gasteiger partial charge < -0.3 is 14.8 Å². The van der Waals surface area contributed by atoms with Crippen LogP contribution >= 0.6 is 34.8 Å². The minimum atomic E-state index is 0.158. The quantitative estimate of drug-likeness (QED) is 0.849. The van der Waals surface area contributed by atoms with Crippen LogP contribution in [0.5, 0.6) is 11.5 Å². The number of rotatable bonds is 5. The standard InChI is InChI=1S/C16H14Cl3NO2/c17-11-2-4-15(16(6-11)22-12-7-20-8-12)21-9-10-1-3-13(18)14(19)5-10/h1-6,12,20H,7-9H2. The first-order chi connectivity index (χ1) is 10.6. The van der Waals surface area contributed by atoms with E-state index >= 15 is 0 Å². The molecule has 116 valence electrons. The number of halogens is 3. The summed E-state index contributed by atoms with van der Waals surface area (Å²) in [6, 6.07) is 10.8. The van der Waals surface area contributed by atoms with Crippen LogP contribution in [0.4, 0.5) is 0 Å². The molecule has 0 aromatic heterocycles. The highest BCUT2D eigenvalue weighted by molar-refractivity contribution is 6.42. The monoisotopic (exact) mass is 357 g/mol. The summed E-state index contributed by atoms with van der Waals surface area (Å²) < 4.78 is 11.7. The van der Waals surface area contributed by atoms with Gasteiger partial charge in [-0.15, -0.1) is 0 Å². The lowest BCUT2D eigenvalue weighted by atomic mass is 10.2. The maximum Gasteiger partial charge on any atom is 0.163 e. The van der Waals surface area contributed by atoms with Gasteiger partial charge in [-0.3, -0.25) is 0 Å². The highest BCUT2D eigenvalue weighted by atomic mass is 35.5. The zero-order chi connectivity index (χ0) is 15.5. The SMILES string of the molecule is Clc1ccc(OCc2ccc(Cl)c(Cl)c2)c(OC2CNC2)c1. The fourth-order valence-electron chi connectivity index (χ4n) is 2.01. The van der Waals surface area contributed by atoms with E-state index in [1.807, 2.05) is 6.07 Å². The van der Waals surface area contributed by atoms with Crippen LogP contribution in [0.1, 0.15) is 5.56 Å². The molecule has 0 amide bonds. The summed E-state index contributed by atoms with van der Waals surface area (Å²) in [5, 5.41) is 4.81. The molecular formula is C16H14Cl3NO2. The Balaban J connectivity index is 1.71. The molecule has 3 rings (SSSR count). The molecule has 6 heteroatoms. The number of ether oxygens (including phenoxy) is 2. The van der Waals surface area contributed by atoms with Crippen molar-refractivity contribution in [1.29, 1.82) is 0 Å². The third-order valence-electron chi connectivity index (χ3n) is 3.32. The van der Waals surface area contributed by atoms with Crippen molar-refractivity contribution in [2.24, 2.45) is 0 Å². The molecule has 1 saturated heterocycles. The molecule has 3 nitrogen and oxygen atoms in total. The lowest BCUT2D eigenvalue weighted by Crippen LogP contribution is -2.50. The summed E-state index contributed by atoms with van der Waals surface area (Å²) in [5.74, 6) is 1.31. The van der Waals surface area contributed by atoms with Crippen molar-refractivity contribution in [2.45, 2.75) is 12.7 Å². The normalized spacial score (nSPS) is 14.5. The van der Waals surface area contributed by atoms with Crippen molar-refractivity contribution in [2.75, 3.05) is 13.1 Å². The van der Waals surface area contributed by atoms with E-state index in [1.165, 1.54) is 0 Å². The first-order valence-electron chi connectivity index (χ1n) is 6.85. The molecule has 1 aliphatic heterocycles. The number of nitrogens with one attached hydrogen (secondary N) is 1. The molecule has 0 atom stereocenters. The smallest absolute Gasteiger partial charge is 0.163 e. The van der Waals surface area contributed by atoms with Gasteiger partial charge in [-0.1, -0.05) is 40.9 Å². The average molecular weight is 359 g/mol. The van der Waals surface area contributed by atoms with Crippen LogP contribution in [0.3, 0.4) is 0 Å². The van der Waals surface area contributed by atoms with Crippen LogP contribution in [0.2, 0.25) is 15.1 Å². The number of hydrogen-bond donors (Lipinski definition) is 1. The average Bonchev–Trinajstić information content (AvgIpc) is 2.45. The minimum Gasteiger partial charge on any atom is -0.485 e. The Morgan fingerprint density at radius 2 is 1.77 bits per heavy atom. The van der Waals surface area contributed by atoms with Crippen molar-refractivity contribution >= 4 is 34.8 Å². The van der Waals surface area contributed by atoms with E-state index in [2.05, 4.69) is 5.32 Å². The van der Waals surface area contributed by atoms with Crippen molar-refractivity contribution in [1.82, 2.24) is 5.32 Å². The number of benzene rings is 2. The minimum absolute atomic E-state index is 0.158. The van der Waals surface area contributed by atoms with Gasteiger partial charge in [-0.25, -0.2) is 0 Å². The molecule has 1 N–H and O–H groups in total. The second-order valence-corrected chi connectivity index (χ2v) is 6.28. The third-order valence-corrected chi connectivity index (χ3v) is 4.30. The van der Waals surface area contributed by atoms with E-state index in [4.69, 9.17) is 44.3 Å². The topological polar surface area (TPSA) is 30.5 Å². The maximum absolute atomic E-state index is 6.03. The molecule has 0 spiro atoms. The summed E-state index contributed by atoms with van der Waals surface area (Å²) in [5.41, 5.74) is 0.931. The molecule has 0 saturated carbocycles. The van der Waals surface area contributed by atoms with Crippen LogP contribution in [0.25, 0.3) is 0 Å². The van der Waals surface area contributed by atoms with E-state index in [0.717, 1.165) is 18.7 Å². The van der Waals surface area contributed by atoms with Gasteiger partial charge in [0, 0.05) is 24.2 Å². The van der Waals surface area contributed by atoms with E-state index in [1.54, 1.807) is 30.3 Å². The van der Waals surface area contributed by atoms with Gasteiger partial charge in [0.25, 0.3) is 0 Å². The van der Waals surface area contributed by atoms with Crippen LogP contribution in [0, 0.1) is 0 Å². The van der Waals surface area contributed by atoms with Crippen molar-refractivity contribution in [3.63, 3.8) is 0 Å².